The molecule has 3 unspecified atom stereocenters. The molecule has 0 aromatic rings. The number of rotatable bonds is 6. The second kappa shape index (κ2) is 8.11. The van der Waals surface area contributed by atoms with E-state index in [2.05, 4.69) is 26.1 Å². The van der Waals surface area contributed by atoms with Gasteiger partial charge in [0.25, 0.3) is 0 Å². The number of hydrogen-bond donors (Lipinski definition) is 1. The van der Waals surface area contributed by atoms with Gasteiger partial charge in [-0.2, -0.15) is 0 Å². The smallest absolute Gasteiger partial charge is 0.00954 e. The second-order valence-electron chi connectivity index (χ2n) is 5.71. The van der Waals surface area contributed by atoms with E-state index in [0.717, 1.165) is 17.9 Å². The second-order valence-corrected chi connectivity index (χ2v) is 5.71. The lowest BCUT2D eigenvalue weighted by Crippen LogP contribution is -2.36. The van der Waals surface area contributed by atoms with Crippen LogP contribution in [0.3, 0.4) is 0 Å². The molecule has 1 nitrogen and oxygen atoms in total. The Kier molecular flexibility index (Phi) is 7.11. The molecule has 0 aromatic carbocycles. The van der Waals surface area contributed by atoms with Gasteiger partial charge in [-0.3, -0.25) is 0 Å². The van der Waals surface area contributed by atoms with Crippen molar-refractivity contribution in [3.8, 4) is 0 Å². The first-order valence-corrected chi connectivity index (χ1v) is 7.51. The summed E-state index contributed by atoms with van der Waals surface area (Å²) in [7, 11) is 0. The van der Waals surface area contributed by atoms with E-state index >= 15 is 0 Å². The molecule has 0 radical (unpaired) electrons. The molecule has 0 aliphatic heterocycles. The Labute approximate surface area is 102 Å². The van der Waals surface area contributed by atoms with Crippen molar-refractivity contribution in [2.24, 2.45) is 11.8 Å². The summed E-state index contributed by atoms with van der Waals surface area (Å²) in [5.74, 6) is 1.86. The third kappa shape index (κ3) is 4.86. The van der Waals surface area contributed by atoms with Crippen LogP contribution in [0.4, 0.5) is 0 Å². The van der Waals surface area contributed by atoms with Gasteiger partial charge in [0.15, 0.2) is 0 Å². The molecular weight excluding hydrogens is 194 g/mol. The average Bonchev–Trinajstić information content (AvgIpc) is 2.52. The van der Waals surface area contributed by atoms with E-state index in [1.807, 2.05) is 0 Å². The Bertz CT molecular complexity index is 167. The Hall–Kier alpha value is -0.0400. The van der Waals surface area contributed by atoms with E-state index in [9.17, 15) is 0 Å². The van der Waals surface area contributed by atoms with Crippen molar-refractivity contribution in [1.82, 2.24) is 5.32 Å². The number of hydrogen-bond acceptors (Lipinski definition) is 1. The molecule has 0 heterocycles. The van der Waals surface area contributed by atoms with Crippen LogP contribution in [0.1, 0.15) is 72.1 Å². The molecule has 16 heavy (non-hydrogen) atoms. The van der Waals surface area contributed by atoms with Crippen molar-refractivity contribution < 1.29 is 0 Å². The minimum atomic E-state index is 0.816. The van der Waals surface area contributed by atoms with Gasteiger partial charge in [-0.25, -0.2) is 0 Å². The van der Waals surface area contributed by atoms with Gasteiger partial charge in [0.05, 0.1) is 0 Å². The summed E-state index contributed by atoms with van der Waals surface area (Å²) in [6, 6.07) is 0.816. The highest BCUT2D eigenvalue weighted by Gasteiger charge is 2.24. The van der Waals surface area contributed by atoms with Crippen LogP contribution in [0.2, 0.25) is 0 Å². The third-order valence-corrected chi connectivity index (χ3v) is 4.22. The summed E-state index contributed by atoms with van der Waals surface area (Å²) in [4.78, 5) is 0. The lowest BCUT2D eigenvalue weighted by atomic mass is 9.85. The summed E-state index contributed by atoms with van der Waals surface area (Å²) in [5.41, 5.74) is 0. The largest absolute Gasteiger partial charge is 0.314 e. The minimum absolute atomic E-state index is 0.816. The fraction of sp³-hybridized carbons (Fsp3) is 1.00. The third-order valence-electron chi connectivity index (χ3n) is 4.22. The van der Waals surface area contributed by atoms with Crippen molar-refractivity contribution in [1.29, 1.82) is 0 Å². The Balaban J connectivity index is 2.44. The van der Waals surface area contributed by atoms with Crippen LogP contribution in [-0.2, 0) is 0 Å². The van der Waals surface area contributed by atoms with E-state index in [4.69, 9.17) is 0 Å². The highest BCUT2D eigenvalue weighted by Crippen LogP contribution is 2.29. The maximum atomic E-state index is 3.79. The van der Waals surface area contributed by atoms with Gasteiger partial charge in [0.1, 0.15) is 0 Å². The molecule has 0 aromatic heterocycles. The first-order chi connectivity index (χ1) is 7.77. The zero-order valence-electron chi connectivity index (χ0n) is 11.6. The highest BCUT2D eigenvalue weighted by molar-refractivity contribution is 4.80. The maximum absolute atomic E-state index is 3.79. The molecule has 0 bridgehead atoms. The SMILES string of the molecule is CCCNC1CCCCCC1CC(C)CC. The van der Waals surface area contributed by atoms with Crippen LogP contribution in [0.25, 0.3) is 0 Å². The maximum Gasteiger partial charge on any atom is 0.00954 e. The predicted molar refractivity (Wildman–Crippen MR) is 72.7 cm³/mol. The quantitative estimate of drug-likeness (QED) is 0.662. The molecule has 1 fully saturated rings. The van der Waals surface area contributed by atoms with Gasteiger partial charge in [0.2, 0.25) is 0 Å². The van der Waals surface area contributed by atoms with Crippen molar-refractivity contribution in [2.75, 3.05) is 6.54 Å². The van der Waals surface area contributed by atoms with Crippen LogP contribution in [0, 0.1) is 11.8 Å². The molecule has 0 spiro atoms. The van der Waals surface area contributed by atoms with Gasteiger partial charge in [-0.1, -0.05) is 46.5 Å². The Morgan fingerprint density at radius 3 is 2.56 bits per heavy atom. The highest BCUT2D eigenvalue weighted by atomic mass is 14.9. The Morgan fingerprint density at radius 1 is 1.12 bits per heavy atom. The summed E-state index contributed by atoms with van der Waals surface area (Å²) in [6.45, 7) is 8.23. The lowest BCUT2D eigenvalue weighted by Gasteiger charge is -2.28. The normalized spacial score (nSPS) is 28.7. The molecule has 1 heteroatoms. The van der Waals surface area contributed by atoms with Crippen LogP contribution in [-0.4, -0.2) is 12.6 Å². The van der Waals surface area contributed by atoms with Gasteiger partial charge < -0.3 is 5.32 Å². The van der Waals surface area contributed by atoms with E-state index in [-0.39, 0.29) is 0 Å². The van der Waals surface area contributed by atoms with Crippen molar-refractivity contribution in [3.05, 3.63) is 0 Å². The average molecular weight is 225 g/mol. The minimum Gasteiger partial charge on any atom is -0.314 e. The zero-order valence-corrected chi connectivity index (χ0v) is 11.6. The first kappa shape index (κ1) is 14.0. The van der Waals surface area contributed by atoms with Crippen molar-refractivity contribution >= 4 is 0 Å². The predicted octanol–water partition coefficient (Wildman–Crippen LogP) is 4.37. The molecule has 1 aliphatic carbocycles. The molecule has 1 saturated carbocycles. The van der Waals surface area contributed by atoms with Gasteiger partial charge in [0, 0.05) is 6.04 Å². The van der Waals surface area contributed by atoms with Crippen LogP contribution in [0.15, 0.2) is 0 Å². The monoisotopic (exact) mass is 225 g/mol. The molecule has 3 atom stereocenters. The molecule has 0 saturated heterocycles. The summed E-state index contributed by atoms with van der Waals surface area (Å²) >= 11 is 0. The fourth-order valence-electron chi connectivity index (χ4n) is 2.95. The summed E-state index contributed by atoms with van der Waals surface area (Å²) in [5, 5.41) is 3.79. The van der Waals surface area contributed by atoms with E-state index in [1.165, 1.54) is 57.9 Å². The summed E-state index contributed by atoms with van der Waals surface area (Å²) < 4.78 is 0. The fourth-order valence-corrected chi connectivity index (χ4v) is 2.95. The number of nitrogens with one attached hydrogen (secondary N) is 1. The molecule has 1 rings (SSSR count). The van der Waals surface area contributed by atoms with Crippen molar-refractivity contribution in [2.45, 2.75) is 78.2 Å². The molecular formula is C15H31N. The molecule has 1 aliphatic rings. The lowest BCUT2D eigenvalue weighted by molar-refractivity contribution is 0.276. The molecule has 1 N–H and O–H groups in total. The van der Waals surface area contributed by atoms with Gasteiger partial charge in [-0.05, 0) is 44.1 Å². The topological polar surface area (TPSA) is 12.0 Å². The van der Waals surface area contributed by atoms with Crippen LogP contribution in [0.5, 0.6) is 0 Å². The summed E-state index contributed by atoms with van der Waals surface area (Å²) in [6.07, 6.45) is 11.3. The van der Waals surface area contributed by atoms with Gasteiger partial charge >= 0.3 is 0 Å². The molecule has 0 amide bonds. The first-order valence-electron chi connectivity index (χ1n) is 7.51. The van der Waals surface area contributed by atoms with Crippen LogP contribution < -0.4 is 5.32 Å². The zero-order chi connectivity index (χ0) is 11.8. The van der Waals surface area contributed by atoms with Crippen LogP contribution >= 0.6 is 0 Å². The van der Waals surface area contributed by atoms with E-state index < -0.39 is 0 Å². The van der Waals surface area contributed by atoms with Crippen molar-refractivity contribution in [3.63, 3.8) is 0 Å². The Morgan fingerprint density at radius 2 is 1.88 bits per heavy atom. The standard InChI is InChI=1S/C15H31N/c1-4-11-16-15-10-8-6-7-9-14(15)12-13(3)5-2/h13-16H,4-12H2,1-3H3. The van der Waals surface area contributed by atoms with E-state index in [1.54, 1.807) is 0 Å². The van der Waals surface area contributed by atoms with E-state index in [0.29, 0.717) is 0 Å². The van der Waals surface area contributed by atoms with Gasteiger partial charge in [-0.15, -0.1) is 0 Å². The molecule has 96 valence electrons.